The molecule has 3 heterocycles. The summed E-state index contributed by atoms with van der Waals surface area (Å²) in [5, 5.41) is 0.577. The van der Waals surface area contributed by atoms with Crippen LogP contribution in [0.3, 0.4) is 0 Å². The van der Waals surface area contributed by atoms with Crippen molar-refractivity contribution in [1.29, 1.82) is 0 Å². The number of aromatic nitrogens is 3. The van der Waals surface area contributed by atoms with E-state index in [1.807, 2.05) is 0 Å². The monoisotopic (exact) mass is 246 g/mol. The highest BCUT2D eigenvalue weighted by atomic mass is 19.1. The molecule has 0 fully saturated rings. The number of nitrogen functional groups attached to an aromatic ring is 1. The molecular weight excluding hydrogens is 238 g/mol. The number of pyridine rings is 2. The number of nitrogens with zero attached hydrogens (tertiary/aromatic N) is 2. The second-order valence-corrected chi connectivity index (χ2v) is 3.82. The summed E-state index contributed by atoms with van der Waals surface area (Å²) >= 11 is 0. The zero-order chi connectivity index (χ0) is 12.7. The quantitative estimate of drug-likeness (QED) is 0.693. The van der Waals surface area contributed by atoms with Crippen LogP contribution in [-0.4, -0.2) is 15.0 Å². The number of H-pyrrole nitrogens is 1. The fourth-order valence-electron chi connectivity index (χ4n) is 1.80. The van der Waals surface area contributed by atoms with Gasteiger partial charge in [0, 0.05) is 17.1 Å². The van der Waals surface area contributed by atoms with E-state index in [0.29, 0.717) is 22.3 Å². The van der Waals surface area contributed by atoms with E-state index in [-0.39, 0.29) is 5.82 Å². The predicted molar refractivity (Wildman–Crippen MR) is 63.7 cm³/mol. The second kappa shape index (κ2) is 3.76. The summed E-state index contributed by atoms with van der Waals surface area (Å²) in [4.78, 5) is 10.7. The Morgan fingerprint density at radius 2 is 2.06 bits per heavy atom. The Balaban J connectivity index is 2.24. The lowest BCUT2D eigenvalue weighted by molar-refractivity contribution is 0.624. The molecule has 0 unspecified atom stereocenters. The Morgan fingerprint density at radius 3 is 2.83 bits per heavy atom. The number of hydrogen-bond donors (Lipinski definition) is 2. The molecule has 0 atom stereocenters. The first kappa shape index (κ1) is 10.6. The molecule has 0 saturated heterocycles. The van der Waals surface area contributed by atoms with Crippen LogP contribution in [-0.2, 0) is 0 Å². The highest BCUT2D eigenvalue weighted by molar-refractivity contribution is 5.92. The third-order valence-corrected chi connectivity index (χ3v) is 2.65. The van der Waals surface area contributed by atoms with Crippen LogP contribution < -0.4 is 5.73 Å². The topological polar surface area (TPSA) is 67.6 Å². The summed E-state index contributed by atoms with van der Waals surface area (Å²) in [5.74, 6) is -1.22. The summed E-state index contributed by atoms with van der Waals surface area (Å²) < 4.78 is 26.2. The van der Waals surface area contributed by atoms with Gasteiger partial charge in [0.2, 0.25) is 0 Å². The summed E-state index contributed by atoms with van der Waals surface area (Å²) in [6, 6.07) is 4.05. The normalized spacial score (nSPS) is 11.0. The highest BCUT2D eigenvalue weighted by Gasteiger charge is 2.10. The molecule has 3 rings (SSSR count). The van der Waals surface area contributed by atoms with Crippen molar-refractivity contribution in [3.8, 4) is 11.3 Å². The maximum atomic E-state index is 13.2. The fourth-order valence-corrected chi connectivity index (χ4v) is 1.80. The van der Waals surface area contributed by atoms with Crippen molar-refractivity contribution in [3.05, 3.63) is 42.2 Å². The minimum Gasteiger partial charge on any atom is -0.381 e. The first-order valence-electron chi connectivity index (χ1n) is 5.20. The van der Waals surface area contributed by atoms with Gasteiger partial charge in [-0.25, -0.2) is 18.7 Å². The van der Waals surface area contributed by atoms with Crippen molar-refractivity contribution in [3.63, 3.8) is 0 Å². The summed E-state index contributed by atoms with van der Waals surface area (Å²) in [6.45, 7) is 0. The van der Waals surface area contributed by atoms with Crippen molar-refractivity contribution in [2.75, 3.05) is 5.73 Å². The molecule has 3 aromatic rings. The fraction of sp³-hybridized carbons (Fsp3) is 0. The van der Waals surface area contributed by atoms with Crippen LogP contribution in [0.5, 0.6) is 0 Å². The first-order chi connectivity index (χ1) is 8.65. The molecule has 6 heteroatoms. The van der Waals surface area contributed by atoms with Crippen LogP contribution in [0.4, 0.5) is 14.6 Å². The largest absolute Gasteiger partial charge is 0.381 e. The van der Waals surface area contributed by atoms with Crippen molar-refractivity contribution in [1.82, 2.24) is 15.0 Å². The lowest BCUT2D eigenvalue weighted by Crippen LogP contribution is -1.95. The molecule has 90 valence electrons. The molecule has 0 spiro atoms. The smallest absolute Gasteiger partial charge is 0.165 e. The zero-order valence-corrected chi connectivity index (χ0v) is 9.11. The van der Waals surface area contributed by atoms with Crippen molar-refractivity contribution in [2.45, 2.75) is 0 Å². The van der Waals surface area contributed by atoms with Crippen molar-refractivity contribution >= 4 is 16.9 Å². The highest BCUT2D eigenvalue weighted by Crippen LogP contribution is 2.27. The molecule has 0 aliphatic carbocycles. The predicted octanol–water partition coefficient (Wildman–Crippen LogP) is 2.49. The maximum absolute atomic E-state index is 13.2. The number of nitrogens with one attached hydrogen (secondary N) is 1. The van der Waals surface area contributed by atoms with E-state index < -0.39 is 11.6 Å². The van der Waals surface area contributed by atoms with Gasteiger partial charge >= 0.3 is 0 Å². The zero-order valence-electron chi connectivity index (χ0n) is 9.11. The van der Waals surface area contributed by atoms with Crippen LogP contribution in [0.25, 0.3) is 22.3 Å². The third-order valence-electron chi connectivity index (χ3n) is 2.65. The lowest BCUT2D eigenvalue weighted by atomic mass is 10.1. The summed E-state index contributed by atoms with van der Waals surface area (Å²) in [6.07, 6.45) is 2.76. The molecule has 4 nitrogen and oxygen atoms in total. The van der Waals surface area contributed by atoms with Gasteiger partial charge in [-0.1, -0.05) is 0 Å². The molecule has 18 heavy (non-hydrogen) atoms. The van der Waals surface area contributed by atoms with Gasteiger partial charge in [0.1, 0.15) is 11.5 Å². The van der Waals surface area contributed by atoms with Gasteiger partial charge in [-0.15, -0.1) is 0 Å². The molecule has 0 radical (unpaired) electrons. The van der Waals surface area contributed by atoms with Crippen LogP contribution >= 0.6 is 0 Å². The number of nitrogens with two attached hydrogens (primary N) is 1. The second-order valence-electron chi connectivity index (χ2n) is 3.82. The number of halogens is 2. The van der Waals surface area contributed by atoms with E-state index in [1.54, 1.807) is 6.20 Å². The van der Waals surface area contributed by atoms with Gasteiger partial charge in [0.25, 0.3) is 0 Å². The number of fused-ring (bicyclic) bond motifs is 1. The van der Waals surface area contributed by atoms with Crippen LogP contribution in [0.15, 0.2) is 30.6 Å². The average molecular weight is 246 g/mol. The Labute approximate surface area is 100 Å². The van der Waals surface area contributed by atoms with E-state index in [9.17, 15) is 8.78 Å². The summed E-state index contributed by atoms with van der Waals surface area (Å²) in [7, 11) is 0. The summed E-state index contributed by atoms with van der Waals surface area (Å²) in [5.41, 5.74) is 7.05. The Kier molecular flexibility index (Phi) is 2.22. The third kappa shape index (κ3) is 1.58. The lowest BCUT2D eigenvalue weighted by Gasteiger charge is -2.01. The van der Waals surface area contributed by atoms with E-state index in [2.05, 4.69) is 15.0 Å². The standard InChI is InChI=1S/C12H8F2N4/c13-6-3-7-8(5-17-12(7)16-4-6)10-2-1-9(14)11(15)18-10/h1-5H,(H2,15,18)(H,16,17). The molecule has 0 saturated carbocycles. The number of aromatic amines is 1. The molecule has 0 aliphatic heterocycles. The minimum atomic E-state index is -0.581. The van der Waals surface area contributed by atoms with Crippen molar-refractivity contribution < 1.29 is 8.78 Å². The molecule has 0 amide bonds. The number of anilines is 1. The molecule has 3 N–H and O–H groups in total. The Morgan fingerprint density at radius 1 is 1.22 bits per heavy atom. The Bertz CT molecular complexity index is 736. The minimum absolute atomic E-state index is 0.189. The molecule has 0 bridgehead atoms. The molecule has 0 aliphatic rings. The molecular formula is C12H8F2N4. The maximum Gasteiger partial charge on any atom is 0.165 e. The molecule has 0 aromatic carbocycles. The Hall–Kier alpha value is -2.50. The number of rotatable bonds is 1. The van der Waals surface area contributed by atoms with Gasteiger partial charge in [-0.3, -0.25) is 0 Å². The SMILES string of the molecule is Nc1nc(-c2c[nH]c3ncc(F)cc23)ccc1F. The van der Waals surface area contributed by atoms with Crippen LogP contribution in [0.2, 0.25) is 0 Å². The van der Waals surface area contributed by atoms with Gasteiger partial charge in [-0.05, 0) is 18.2 Å². The molecule has 3 aromatic heterocycles. The van der Waals surface area contributed by atoms with Crippen molar-refractivity contribution in [2.24, 2.45) is 0 Å². The average Bonchev–Trinajstić information content (AvgIpc) is 2.75. The van der Waals surface area contributed by atoms with Gasteiger partial charge in [-0.2, -0.15) is 0 Å². The van der Waals surface area contributed by atoms with E-state index in [0.717, 1.165) is 6.20 Å². The van der Waals surface area contributed by atoms with E-state index in [4.69, 9.17) is 5.73 Å². The van der Waals surface area contributed by atoms with E-state index in [1.165, 1.54) is 18.2 Å². The van der Waals surface area contributed by atoms with Gasteiger partial charge in [0.05, 0.1) is 11.9 Å². The van der Waals surface area contributed by atoms with Gasteiger partial charge < -0.3 is 10.7 Å². The van der Waals surface area contributed by atoms with Crippen LogP contribution in [0.1, 0.15) is 0 Å². The van der Waals surface area contributed by atoms with E-state index >= 15 is 0 Å². The van der Waals surface area contributed by atoms with Gasteiger partial charge in [0.15, 0.2) is 11.6 Å². The number of hydrogen-bond acceptors (Lipinski definition) is 3. The van der Waals surface area contributed by atoms with Crippen LogP contribution in [0, 0.1) is 11.6 Å². The first-order valence-corrected chi connectivity index (χ1v) is 5.20.